The van der Waals surface area contributed by atoms with Gasteiger partial charge in [0.15, 0.2) is 6.61 Å². The molecule has 1 amide bonds. The van der Waals surface area contributed by atoms with E-state index in [2.05, 4.69) is 21.2 Å². The van der Waals surface area contributed by atoms with Crippen LogP contribution >= 0.6 is 27.5 Å². The van der Waals surface area contributed by atoms with Gasteiger partial charge < -0.3 is 14.8 Å². The zero-order valence-corrected chi connectivity index (χ0v) is 16.6. The highest BCUT2D eigenvalue weighted by Gasteiger charge is 2.12. The first-order chi connectivity index (χ1) is 12.5. The number of anilines is 1. The van der Waals surface area contributed by atoms with Crippen molar-refractivity contribution in [2.75, 3.05) is 19.0 Å². The average Bonchev–Trinajstić information content (AvgIpc) is 2.64. The number of nitrogens with one attached hydrogen (secondary N) is 1. The van der Waals surface area contributed by atoms with Crippen molar-refractivity contribution in [1.82, 2.24) is 0 Å². The van der Waals surface area contributed by atoms with Gasteiger partial charge in [0.1, 0.15) is 11.5 Å². The minimum atomic E-state index is -0.287. The molecule has 0 aliphatic rings. The van der Waals surface area contributed by atoms with Crippen molar-refractivity contribution in [3.63, 3.8) is 0 Å². The lowest BCUT2D eigenvalue weighted by atomic mass is 10.1. The van der Waals surface area contributed by atoms with E-state index in [1.54, 1.807) is 12.1 Å². The molecule has 0 spiro atoms. The van der Waals surface area contributed by atoms with Gasteiger partial charge in [-0.05, 0) is 51.3 Å². The van der Waals surface area contributed by atoms with Crippen LogP contribution in [0.2, 0.25) is 5.02 Å². The summed E-state index contributed by atoms with van der Waals surface area (Å²) in [7, 11) is 1.53. The van der Waals surface area contributed by atoms with Gasteiger partial charge in [0.05, 0.1) is 17.3 Å². The molecule has 0 radical (unpaired) electrons. The second kappa shape index (κ2) is 7.98. The van der Waals surface area contributed by atoms with E-state index in [1.165, 1.54) is 7.11 Å². The van der Waals surface area contributed by atoms with Gasteiger partial charge >= 0.3 is 0 Å². The van der Waals surface area contributed by atoms with Crippen molar-refractivity contribution in [2.45, 2.75) is 6.92 Å². The third kappa shape index (κ3) is 3.94. The SMILES string of the molecule is COc1cc(Cl)c(C)cc1NC(=O)COc1ccc2ccccc2c1Br. The van der Waals surface area contributed by atoms with Crippen LogP contribution in [0.5, 0.6) is 11.5 Å². The van der Waals surface area contributed by atoms with Crippen LogP contribution in [0.1, 0.15) is 5.56 Å². The molecule has 0 unspecified atom stereocenters. The van der Waals surface area contributed by atoms with Gasteiger partial charge in [-0.15, -0.1) is 0 Å². The van der Waals surface area contributed by atoms with Gasteiger partial charge in [-0.3, -0.25) is 4.79 Å². The molecule has 134 valence electrons. The largest absolute Gasteiger partial charge is 0.495 e. The number of fused-ring (bicyclic) bond motifs is 1. The van der Waals surface area contributed by atoms with E-state index >= 15 is 0 Å². The quantitative estimate of drug-likeness (QED) is 0.569. The maximum absolute atomic E-state index is 12.3. The van der Waals surface area contributed by atoms with Crippen LogP contribution in [0.4, 0.5) is 5.69 Å². The Kier molecular flexibility index (Phi) is 5.69. The zero-order chi connectivity index (χ0) is 18.7. The molecular weight excluding hydrogens is 418 g/mol. The van der Waals surface area contributed by atoms with Gasteiger partial charge in [0.25, 0.3) is 5.91 Å². The van der Waals surface area contributed by atoms with Crippen LogP contribution in [0, 0.1) is 6.92 Å². The summed E-state index contributed by atoms with van der Waals surface area (Å²) in [5, 5.41) is 5.50. The van der Waals surface area contributed by atoms with E-state index in [4.69, 9.17) is 21.1 Å². The fourth-order valence-electron chi connectivity index (χ4n) is 2.58. The number of hydrogen-bond acceptors (Lipinski definition) is 3. The molecule has 0 saturated carbocycles. The molecule has 3 aromatic rings. The first kappa shape index (κ1) is 18.5. The van der Waals surface area contributed by atoms with E-state index in [0.717, 1.165) is 20.8 Å². The highest BCUT2D eigenvalue weighted by atomic mass is 79.9. The van der Waals surface area contributed by atoms with Crippen LogP contribution in [-0.4, -0.2) is 19.6 Å². The number of aryl methyl sites for hydroxylation is 1. The fourth-order valence-corrected chi connectivity index (χ4v) is 3.35. The summed E-state index contributed by atoms with van der Waals surface area (Å²) in [4.78, 5) is 12.3. The maximum Gasteiger partial charge on any atom is 0.262 e. The minimum absolute atomic E-state index is 0.123. The summed E-state index contributed by atoms with van der Waals surface area (Å²) in [6.45, 7) is 1.74. The molecule has 0 aromatic heterocycles. The number of ether oxygens (including phenoxy) is 2. The summed E-state index contributed by atoms with van der Waals surface area (Å²) in [6, 6.07) is 15.2. The summed E-state index contributed by atoms with van der Waals surface area (Å²) in [6.07, 6.45) is 0. The van der Waals surface area contributed by atoms with Crippen molar-refractivity contribution >= 4 is 49.9 Å². The van der Waals surface area contributed by atoms with Crippen LogP contribution in [0.15, 0.2) is 53.0 Å². The Hall–Kier alpha value is -2.24. The number of benzene rings is 3. The van der Waals surface area contributed by atoms with Crippen molar-refractivity contribution < 1.29 is 14.3 Å². The molecular formula is C20H17BrClNO3. The van der Waals surface area contributed by atoms with Crippen molar-refractivity contribution in [3.8, 4) is 11.5 Å². The van der Waals surface area contributed by atoms with E-state index in [1.807, 2.05) is 43.3 Å². The molecule has 0 fully saturated rings. The number of methoxy groups -OCH3 is 1. The molecule has 3 aromatic carbocycles. The number of carbonyl (C=O) groups excluding carboxylic acids is 1. The van der Waals surface area contributed by atoms with E-state index in [-0.39, 0.29) is 12.5 Å². The van der Waals surface area contributed by atoms with Gasteiger partial charge in [-0.2, -0.15) is 0 Å². The van der Waals surface area contributed by atoms with Crippen molar-refractivity contribution in [2.24, 2.45) is 0 Å². The molecule has 0 bridgehead atoms. The molecule has 4 nitrogen and oxygen atoms in total. The van der Waals surface area contributed by atoms with E-state index < -0.39 is 0 Å². The molecule has 1 N–H and O–H groups in total. The van der Waals surface area contributed by atoms with Gasteiger partial charge in [-0.25, -0.2) is 0 Å². The predicted molar refractivity (Wildman–Crippen MR) is 109 cm³/mol. The molecule has 3 rings (SSSR count). The van der Waals surface area contributed by atoms with Crippen LogP contribution in [-0.2, 0) is 4.79 Å². The van der Waals surface area contributed by atoms with Crippen LogP contribution in [0.25, 0.3) is 10.8 Å². The average molecular weight is 435 g/mol. The van der Waals surface area contributed by atoms with Crippen molar-refractivity contribution in [1.29, 1.82) is 0 Å². The summed E-state index contributed by atoms with van der Waals surface area (Å²) < 4.78 is 11.8. The monoisotopic (exact) mass is 433 g/mol. The molecule has 0 atom stereocenters. The lowest BCUT2D eigenvalue weighted by Crippen LogP contribution is -2.20. The van der Waals surface area contributed by atoms with Crippen LogP contribution < -0.4 is 14.8 Å². The standard InChI is InChI=1S/C20H17BrClNO3/c1-12-9-16(18(25-2)10-15(12)22)23-19(24)11-26-17-8-7-13-5-3-4-6-14(13)20(17)21/h3-10H,11H2,1-2H3,(H,23,24). The first-order valence-electron chi connectivity index (χ1n) is 7.93. The molecule has 0 aliphatic carbocycles. The Bertz CT molecular complexity index is 975. The van der Waals surface area contributed by atoms with E-state index in [0.29, 0.717) is 22.2 Å². The maximum atomic E-state index is 12.3. The topological polar surface area (TPSA) is 47.6 Å². The molecule has 6 heteroatoms. The Balaban J connectivity index is 1.72. The summed E-state index contributed by atoms with van der Waals surface area (Å²) >= 11 is 9.63. The second-order valence-electron chi connectivity index (χ2n) is 5.74. The molecule has 26 heavy (non-hydrogen) atoms. The number of carbonyl (C=O) groups is 1. The number of amides is 1. The van der Waals surface area contributed by atoms with Crippen LogP contribution in [0.3, 0.4) is 0 Å². The zero-order valence-electron chi connectivity index (χ0n) is 14.3. The Morgan fingerprint density at radius 2 is 1.92 bits per heavy atom. The third-order valence-corrected chi connectivity index (χ3v) is 5.17. The first-order valence-corrected chi connectivity index (χ1v) is 9.10. The molecule has 0 heterocycles. The third-order valence-electron chi connectivity index (χ3n) is 3.94. The van der Waals surface area contributed by atoms with Gasteiger partial charge in [-0.1, -0.05) is 41.9 Å². The minimum Gasteiger partial charge on any atom is -0.495 e. The lowest BCUT2D eigenvalue weighted by Gasteiger charge is -2.13. The smallest absolute Gasteiger partial charge is 0.262 e. The number of halogens is 2. The predicted octanol–water partition coefficient (Wildman–Crippen LogP) is 5.59. The number of hydrogen-bond donors (Lipinski definition) is 1. The molecule has 0 aliphatic heterocycles. The Morgan fingerprint density at radius 1 is 1.15 bits per heavy atom. The highest BCUT2D eigenvalue weighted by Crippen LogP contribution is 2.33. The second-order valence-corrected chi connectivity index (χ2v) is 6.94. The van der Waals surface area contributed by atoms with Gasteiger partial charge in [0, 0.05) is 11.1 Å². The van der Waals surface area contributed by atoms with Crippen molar-refractivity contribution in [3.05, 3.63) is 63.6 Å². The Morgan fingerprint density at radius 3 is 2.69 bits per heavy atom. The highest BCUT2D eigenvalue weighted by molar-refractivity contribution is 9.10. The van der Waals surface area contributed by atoms with Gasteiger partial charge in [0.2, 0.25) is 0 Å². The summed E-state index contributed by atoms with van der Waals surface area (Å²) in [5.41, 5.74) is 1.40. The normalized spacial score (nSPS) is 10.6. The molecule has 0 saturated heterocycles. The summed E-state index contributed by atoms with van der Waals surface area (Å²) in [5.74, 6) is 0.823. The number of rotatable bonds is 5. The van der Waals surface area contributed by atoms with E-state index in [9.17, 15) is 4.79 Å². The fraction of sp³-hybridized carbons (Fsp3) is 0.150. The Labute approximate surface area is 165 Å². The lowest BCUT2D eigenvalue weighted by molar-refractivity contribution is -0.118.